The van der Waals surface area contributed by atoms with Gasteiger partial charge in [0.15, 0.2) is 0 Å². The van der Waals surface area contributed by atoms with Crippen LogP contribution >= 0.6 is 0 Å². The summed E-state index contributed by atoms with van der Waals surface area (Å²) in [6.07, 6.45) is 1.83. The highest BCUT2D eigenvalue weighted by Crippen LogP contribution is 2.15. The van der Waals surface area contributed by atoms with E-state index in [9.17, 15) is 13.2 Å². The van der Waals surface area contributed by atoms with Gasteiger partial charge in [-0.3, -0.25) is 4.79 Å². The SMILES string of the molecule is CCCCNC(=O)[C@H](C)NS(=O)(=O)c1ccc(OC)cc1. The van der Waals surface area contributed by atoms with Gasteiger partial charge in [0.05, 0.1) is 18.0 Å². The minimum atomic E-state index is -3.73. The molecule has 1 rings (SSSR count). The van der Waals surface area contributed by atoms with Crippen molar-refractivity contribution in [2.24, 2.45) is 0 Å². The van der Waals surface area contributed by atoms with Gasteiger partial charge >= 0.3 is 0 Å². The van der Waals surface area contributed by atoms with Crippen molar-refractivity contribution in [3.63, 3.8) is 0 Å². The average molecular weight is 314 g/mol. The zero-order chi connectivity index (χ0) is 15.9. The van der Waals surface area contributed by atoms with Crippen molar-refractivity contribution in [1.82, 2.24) is 10.0 Å². The highest BCUT2D eigenvalue weighted by Gasteiger charge is 2.21. The maximum Gasteiger partial charge on any atom is 0.241 e. The summed E-state index contributed by atoms with van der Waals surface area (Å²) in [7, 11) is -2.22. The Morgan fingerprint density at radius 1 is 1.29 bits per heavy atom. The predicted molar refractivity (Wildman–Crippen MR) is 80.7 cm³/mol. The van der Waals surface area contributed by atoms with E-state index in [0.717, 1.165) is 12.8 Å². The third-order valence-electron chi connectivity index (χ3n) is 2.92. The standard InChI is InChI=1S/C14H22N2O4S/c1-4-5-10-15-14(17)11(2)16-21(18,19)13-8-6-12(20-3)7-9-13/h6-9,11,16H,4-5,10H2,1-3H3,(H,15,17)/t11-/m0/s1. The molecule has 118 valence electrons. The zero-order valence-corrected chi connectivity index (χ0v) is 13.4. The smallest absolute Gasteiger partial charge is 0.241 e. The largest absolute Gasteiger partial charge is 0.497 e. The lowest BCUT2D eigenvalue weighted by Gasteiger charge is -2.14. The third kappa shape index (κ3) is 5.35. The maximum absolute atomic E-state index is 12.1. The van der Waals surface area contributed by atoms with Crippen molar-refractivity contribution >= 4 is 15.9 Å². The Hall–Kier alpha value is -1.60. The first-order chi connectivity index (χ1) is 9.90. The number of unbranched alkanes of at least 4 members (excludes halogenated alkanes) is 1. The van der Waals surface area contributed by atoms with E-state index in [4.69, 9.17) is 4.74 Å². The molecule has 21 heavy (non-hydrogen) atoms. The normalized spacial score (nSPS) is 12.7. The van der Waals surface area contributed by atoms with Crippen LogP contribution in [0.2, 0.25) is 0 Å². The quantitative estimate of drug-likeness (QED) is 0.708. The summed E-state index contributed by atoms with van der Waals surface area (Å²) in [6, 6.07) is 5.15. The molecule has 0 aliphatic carbocycles. The highest BCUT2D eigenvalue weighted by atomic mass is 32.2. The molecule has 7 heteroatoms. The van der Waals surface area contributed by atoms with Crippen molar-refractivity contribution in [3.05, 3.63) is 24.3 Å². The van der Waals surface area contributed by atoms with Gasteiger partial charge in [-0.05, 0) is 37.6 Å². The number of nitrogens with one attached hydrogen (secondary N) is 2. The molecule has 0 spiro atoms. The van der Waals surface area contributed by atoms with Gasteiger partial charge < -0.3 is 10.1 Å². The first-order valence-electron chi connectivity index (χ1n) is 6.84. The molecule has 2 N–H and O–H groups in total. The second kappa shape index (κ2) is 7.99. The molecule has 1 atom stereocenters. The molecule has 0 fully saturated rings. The van der Waals surface area contributed by atoms with Gasteiger partial charge in [0.1, 0.15) is 5.75 Å². The van der Waals surface area contributed by atoms with E-state index in [1.54, 1.807) is 12.1 Å². The molecule has 1 aromatic rings. The van der Waals surface area contributed by atoms with E-state index in [2.05, 4.69) is 10.0 Å². The lowest BCUT2D eigenvalue weighted by atomic mass is 10.3. The number of carbonyl (C=O) groups excluding carboxylic acids is 1. The molecular formula is C14H22N2O4S. The highest BCUT2D eigenvalue weighted by molar-refractivity contribution is 7.89. The van der Waals surface area contributed by atoms with Crippen molar-refractivity contribution in [2.75, 3.05) is 13.7 Å². The summed E-state index contributed by atoms with van der Waals surface area (Å²) in [6.45, 7) is 4.08. The Labute approximate surface area is 125 Å². The van der Waals surface area contributed by atoms with Gasteiger partial charge in [0.25, 0.3) is 0 Å². The molecule has 0 aliphatic heterocycles. The number of hydrogen-bond donors (Lipinski definition) is 2. The van der Waals surface area contributed by atoms with Crippen LogP contribution in [0.1, 0.15) is 26.7 Å². The summed E-state index contributed by atoms with van der Waals surface area (Å²) in [5, 5.41) is 2.69. The van der Waals surface area contributed by atoms with Crippen LogP contribution in [-0.4, -0.2) is 34.0 Å². The number of methoxy groups -OCH3 is 1. The molecule has 6 nitrogen and oxygen atoms in total. The minimum absolute atomic E-state index is 0.0940. The van der Waals surface area contributed by atoms with Gasteiger partial charge in [0.2, 0.25) is 15.9 Å². The van der Waals surface area contributed by atoms with Crippen LogP contribution in [0.5, 0.6) is 5.75 Å². The number of rotatable bonds is 8. The number of carbonyl (C=O) groups is 1. The van der Waals surface area contributed by atoms with Crippen LogP contribution in [0.4, 0.5) is 0 Å². The summed E-state index contributed by atoms with van der Waals surface area (Å²) in [5.41, 5.74) is 0. The number of amides is 1. The molecule has 0 bridgehead atoms. The van der Waals surface area contributed by atoms with Crippen molar-refractivity contribution in [1.29, 1.82) is 0 Å². The van der Waals surface area contributed by atoms with E-state index >= 15 is 0 Å². The van der Waals surface area contributed by atoms with Gasteiger partial charge in [-0.15, -0.1) is 0 Å². The number of benzene rings is 1. The Morgan fingerprint density at radius 3 is 2.43 bits per heavy atom. The summed E-state index contributed by atoms with van der Waals surface area (Å²) in [5.74, 6) is 0.236. The molecule has 0 aromatic heterocycles. The fourth-order valence-electron chi connectivity index (χ4n) is 1.65. The molecule has 0 aliphatic rings. The monoisotopic (exact) mass is 314 g/mol. The second-order valence-corrected chi connectivity index (χ2v) is 6.38. The van der Waals surface area contributed by atoms with Gasteiger partial charge in [-0.2, -0.15) is 4.72 Å². The molecule has 0 heterocycles. The molecular weight excluding hydrogens is 292 g/mol. The molecule has 1 aromatic carbocycles. The lowest BCUT2D eigenvalue weighted by molar-refractivity contribution is -0.122. The first-order valence-corrected chi connectivity index (χ1v) is 8.33. The van der Waals surface area contributed by atoms with Crippen LogP contribution in [-0.2, 0) is 14.8 Å². The predicted octanol–water partition coefficient (Wildman–Crippen LogP) is 1.28. The van der Waals surface area contributed by atoms with Crippen LogP contribution in [0.25, 0.3) is 0 Å². The maximum atomic E-state index is 12.1. The Kier molecular flexibility index (Phi) is 6.64. The molecule has 0 radical (unpaired) electrons. The first kappa shape index (κ1) is 17.5. The van der Waals surface area contributed by atoms with E-state index in [0.29, 0.717) is 12.3 Å². The minimum Gasteiger partial charge on any atom is -0.497 e. The number of ether oxygens (including phenoxy) is 1. The Bertz CT molecular complexity index is 555. The summed E-state index contributed by atoms with van der Waals surface area (Å²) < 4.78 is 31.6. The second-order valence-electron chi connectivity index (χ2n) is 4.66. The van der Waals surface area contributed by atoms with Gasteiger partial charge in [-0.1, -0.05) is 13.3 Å². The molecule has 1 amide bonds. The summed E-state index contributed by atoms with van der Waals surface area (Å²) >= 11 is 0. The van der Waals surface area contributed by atoms with Gasteiger partial charge in [0, 0.05) is 6.54 Å². The van der Waals surface area contributed by atoms with Crippen LogP contribution in [0.15, 0.2) is 29.2 Å². The number of sulfonamides is 1. The average Bonchev–Trinajstić information content (AvgIpc) is 2.47. The van der Waals surface area contributed by atoms with Crippen LogP contribution in [0.3, 0.4) is 0 Å². The fourth-order valence-corrected chi connectivity index (χ4v) is 2.85. The Balaban J connectivity index is 2.68. The van der Waals surface area contributed by atoms with Crippen LogP contribution in [0, 0.1) is 0 Å². The van der Waals surface area contributed by atoms with Crippen molar-refractivity contribution in [3.8, 4) is 5.75 Å². The molecule has 0 saturated heterocycles. The zero-order valence-electron chi connectivity index (χ0n) is 12.5. The van der Waals surface area contributed by atoms with E-state index in [1.165, 1.54) is 26.2 Å². The van der Waals surface area contributed by atoms with Crippen LogP contribution < -0.4 is 14.8 Å². The van der Waals surface area contributed by atoms with Crippen molar-refractivity contribution < 1.29 is 17.9 Å². The van der Waals surface area contributed by atoms with E-state index in [1.807, 2.05) is 6.92 Å². The number of hydrogen-bond acceptors (Lipinski definition) is 4. The van der Waals surface area contributed by atoms with E-state index in [-0.39, 0.29) is 10.8 Å². The summed E-state index contributed by atoms with van der Waals surface area (Å²) in [4.78, 5) is 11.9. The Morgan fingerprint density at radius 2 is 1.90 bits per heavy atom. The van der Waals surface area contributed by atoms with Crippen molar-refractivity contribution in [2.45, 2.75) is 37.6 Å². The third-order valence-corrected chi connectivity index (χ3v) is 4.48. The molecule has 0 saturated carbocycles. The van der Waals surface area contributed by atoms with Gasteiger partial charge in [-0.25, -0.2) is 8.42 Å². The van der Waals surface area contributed by atoms with E-state index < -0.39 is 16.1 Å². The molecule has 0 unspecified atom stereocenters. The topological polar surface area (TPSA) is 84.5 Å². The lowest BCUT2D eigenvalue weighted by Crippen LogP contribution is -2.44. The fraction of sp³-hybridized carbons (Fsp3) is 0.500.